The van der Waals surface area contributed by atoms with E-state index in [0.29, 0.717) is 6.61 Å². The fraction of sp³-hybridized carbons (Fsp3) is 0.500. The van der Waals surface area contributed by atoms with Gasteiger partial charge < -0.3 is 14.4 Å². The lowest BCUT2D eigenvalue weighted by Gasteiger charge is -2.37. The van der Waals surface area contributed by atoms with Crippen LogP contribution >= 0.6 is 0 Å². The summed E-state index contributed by atoms with van der Waals surface area (Å²) < 4.78 is 11.1. The van der Waals surface area contributed by atoms with Gasteiger partial charge in [-0.1, -0.05) is 12.1 Å². The van der Waals surface area contributed by atoms with Gasteiger partial charge in [0.25, 0.3) is 0 Å². The minimum absolute atomic E-state index is 0.0754. The summed E-state index contributed by atoms with van der Waals surface area (Å²) in [5.41, 5.74) is 2.83. The van der Waals surface area contributed by atoms with Crippen molar-refractivity contribution >= 4 is 16.9 Å². The highest BCUT2D eigenvalue weighted by molar-refractivity contribution is 5.76. The normalized spacial score (nSPS) is 22.7. The van der Waals surface area contributed by atoms with Gasteiger partial charge in [0.15, 0.2) is 5.82 Å². The molecule has 0 N–H and O–H groups in total. The molecule has 21 heavy (non-hydrogen) atoms. The summed E-state index contributed by atoms with van der Waals surface area (Å²) in [6.45, 7) is 6.31. The number of aromatic nitrogens is 2. The molecule has 2 aromatic rings. The number of benzene rings is 1. The topological polar surface area (TPSA) is 47.5 Å². The van der Waals surface area contributed by atoms with E-state index in [0.717, 1.165) is 35.6 Å². The van der Waals surface area contributed by atoms with Crippen molar-refractivity contribution < 1.29 is 9.47 Å². The van der Waals surface area contributed by atoms with Crippen LogP contribution in [0.5, 0.6) is 0 Å². The van der Waals surface area contributed by atoms with Crippen LogP contribution in [-0.4, -0.2) is 49.0 Å². The van der Waals surface area contributed by atoms with Gasteiger partial charge in [0.1, 0.15) is 0 Å². The van der Waals surface area contributed by atoms with Crippen molar-refractivity contribution in [1.82, 2.24) is 9.97 Å². The summed E-state index contributed by atoms with van der Waals surface area (Å²) in [6, 6.07) is 7.98. The van der Waals surface area contributed by atoms with E-state index in [1.165, 1.54) is 0 Å². The summed E-state index contributed by atoms with van der Waals surface area (Å²) in [6.07, 6.45) is 0.234. The summed E-state index contributed by atoms with van der Waals surface area (Å²) in [4.78, 5) is 11.7. The van der Waals surface area contributed by atoms with E-state index in [1.54, 1.807) is 7.11 Å². The van der Waals surface area contributed by atoms with E-state index < -0.39 is 0 Å². The zero-order valence-electron chi connectivity index (χ0n) is 12.7. The monoisotopic (exact) mass is 287 g/mol. The van der Waals surface area contributed by atoms with E-state index >= 15 is 0 Å². The Morgan fingerprint density at radius 1 is 1.24 bits per heavy atom. The van der Waals surface area contributed by atoms with Crippen molar-refractivity contribution in [3.05, 3.63) is 30.0 Å². The molecule has 0 aliphatic carbocycles. The van der Waals surface area contributed by atoms with Gasteiger partial charge in [0.2, 0.25) is 0 Å². The Morgan fingerprint density at radius 2 is 1.95 bits per heavy atom. The van der Waals surface area contributed by atoms with E-state index in [2.05, 4.69) is 16.8 Å². The van der Waals surface area contributed by atoms with Gasteiger partial charge in [-0.05, 0) is 26.0 Å². The second kappa shape index (κ2) is 5.95. The third kappa shape index (κ3) is 2.99. The van der Waals surface area contributed by atoms with Crippen molar-refractivity contribution in [1.29, 1.82) is 0 Å². The fourth-order valence-corrected chi connectivity index (χ4v) is 2.87. The highest BCUT2D eigenvalue weighted by Gasteiger charge is 2.27. The summed E-state index contributed by atoms with van der Waals surface area (Å²) in [7, 11) is 1.70. The van der Waals surface area contributed by atoms with E-state index in [4.69, 9.17) is 14.5 Å². The summed E-state index contributed by atoms with van der Waals surface area (Å²) in [5, 5.41) is 0. The lowest BCUT2D eigenvalue weighted by molar-refractivity contribution is -0.0512. The molecule has 0 saturated carbocycles. The molecule has 2 atom stereocenters. The number of hydrogen-bond donors (Lipinski definition) is 0. The van der Waals surface area contributed by atoms with Crippen molar-refractivity contribution in [2.45, 2.75) is 26.1 Å². The highest BCUT2D eigenvalue weighted by atomic mass is 16.5. The molecule has 5 nitrogen and oxygen atoms in total. The van der Waals surface area contributed by atoms with Crippen LogP contribution in [0.4, 0.5) is 5.82 Å². The number of rotatable bonds is 3. The molecule has 1 aliphatic heterocycles. The number of para-hydroxylation sites is 2. The van der Waals surface area contributed by atoms with Gasteiger partial charge in [-0.15, -0.1) is 0 Å². The maximum atomic E-state index is 5.89. The second-order valence-electron chi connectivity index (χ2n) is 5.55. The van der Waals surface area contributed by atoms with Gasteiger partial charge in [-0.25, -0.2) is 9.97 Å². The van der Waals surface area contributed by atoms with Gasteiger partial charge in [-0.2, -0.15) is 0 Å². The third-order valence-electron chi connectivity index (χ3n) is 3.70. The second-order valence-corrected chi connectivity index (χ2v) is 5.55. The fourth-order valence-electron chi connectivity index (χ4n) is 2.87. The van der Waals surface area contributed by atoms with E-state index in [1.807, 2.05) is 31.2 Å². The summed E-state index contributed by atoms with van der Waals surface area (Å²) >= 11 is 0. The first-order chi connectivity index (χ1) is 10.2. The molecule has 0 bridgehead atoms. The largest absolute Gasteiger partial charge is 0.382 e. The molecule has 5 heteroatoms. The van der Waals surface area contributed by atoms with Crippen LogP contribution < -0.4 is 4.90 Å². The average Bonchev–Trinajstić information content (AvgIpc) is 2.46. The lowest BCUT2D eigenvalue weighted by Crippen LogP contribution is -2.48. The van der Waals surface area contributed by atoms with E-state index in [-0.39, 0.29) is 12.2 Å². The van der Waals surface area contributed by atoms with Crippen LogP contribution in [-0.2, 0) is 9.47 Å². The molecule has 1 aromatic heterocycles. The number of methoxy groups -OCH3 is 1. The van der Waals surface area contributed by atoms with Gasteiger partial charge in [-0.3, -0.25) is 0 Å². The van der Waals surface area contributed by atoms with Crippen molar-refractivity contribution in [2.75, 3.05) is 31.7 Å². The number of ether oxygens (including phenoxy) is 2. The zero-order valence-corrected chi connectivity index (χ0v) is 12.7. The molecule has 0 radical (unpaired) electrons. The number of morpholine rings is 1. The Balaban J connectivity index is 1.93. The Morgan fingerprint density at radius 3 is 2.67 bits per heavy atom. The minimum atomic E-state index is 0.0754. The smallest absolute Gasteiger partial charge is 0.150 e. The molecular weight excluding hydrogens is 266 g/mol. The molecule has 1 saturated heterocycles. The predicted molar refractivity (Wildman–Crippen MR) is 82.7 cm³/mol. The van der Waals surface area contributed by atoms with Crippen molar-refractivity contribution in [3.8, 4) is 0 Å². The number of fused-ring (bicyclic) bond motifs is 1. The first-order valence-corrected chi connectivity index (χ1v) is 7.30. The van der Waals surface area contributed by atoms with Crippen LogP contribution in [0.2, 0.25) is 0 Å². The number of nitrogens with zero attached hydrogens (tertiary/aromatic N) is 3. The zero-order chi connectivity index (χ0) is 14.8. The molecule has 1 aliphatic rings. The Kier molecular flexibility index (Phi) is 4.03. The van der Waals surface area contributed by atoms with Crippen molar-refractivity contribution in [2.24, 2.45) is 0 Å². The molecule has 0 amide bonds. The molecular formula is C16H21N3O2. The van der Waals surface area contributed by atoms with Crippen LogP contribution in [0.25, 0.3) is 11.0 Å². The molecule has 3 rings (SSSR count). The van der Waals surface area contributed by atoms with Crippen molar-refractivity contribution in [3.63, 3.8) is 0 Å². The van der Waals surface area contributed by atoms with Crippen LogP contribution in [0.15, 0.2) is 24.3 Å². The Hall–Kier alpha value is -1.72. The maximum absolute atomic E-state index is 5.89. The predicted octanol–water partition coefficient (Wildman–Crippen LogP) is 2.18. The maximum Gasteiger partial charge on any atom is 0.150 e. The van der Waals surface area contributed by atoms with E-state index in [9.17, 15) is 0 Å². The van der Waals surface area contributed by atoms with Gasteiger partial charge >= 0.3 is 0 Å². The quantitative estimate of drug-likeness (QED) is 0.866. The van der Waals surface area contributed by atoms with Gasteiger partial charge in [0.05, 0.1) is 35.5 Å². The molecule has 2 unspecified atom stereocenters. The Labute approximate surface area is 124 Å². The number of hydrogen-bond acceptors (Lipinski definition) is 5. The Bertz CT molecular complexity index is 632. The average molecular weight is 287 g/mol. The lowest BCUT2D eigenvalue weighted by atomic mass is 10.2. The van der Waals surface area contributed by atoms with Crippen LogP contribution in [0.3, 0.4) is 0 Å². The molecule has 1 fully saturated rings. The van der Waals surface area contributed by atoms with Crippen LogP contribution in [0, 0.1) is 6.92 Å². The third-order valence-corrected chi connectivity index (χ3v) is 3.70. The standard InChI is InChI=1S/C16H21N3O2/c1-11-8-19(9-13(21-11)10-20-3)16-12(2)17-14-6-4-5-7-15(14)18-16/h4-7,11,13H,8-10H2,1-3H3. The molecule has 112 valence electrons. The number of anilines is 1. The SMILES string of the molecule is COCC1CN(c2nc3ccccc3nc2C)CC(C)O1. The summed E-state index contributed by atoms with van der Waals surface area (Å²) in [5.74, 6) is 0.949. The molecule has 0 spiro atoms. The minimum Gasteiger partial charge on any atom is -0.382 e. The molecule has 1 aromatic carbocycles. The van der Waals surface area contributed by atoms with Crippen LogP contribution in [0.1, 0.15) is 12.6 Å². The number of aryl methyl sites for hydroxylation is 1. The first-order valence-electron chi connectivity index (χ1n) is 7.30. The highest BCUT2D eigenvalue weighted by Crippen LogP contribution is 2.23. The molecule has 2 heterocycles. The van der Waals surface area contributed by atoms with Gasteiger partial charge in [0, 0.05) is 20.2 Å². The first kappa shape index (κ1) is 14.2.